The Morgan fingerprint density at radius 2 is 1.06 bits per heavy atom. The van der Waals surface area contributed by atoms with Gasteiger partial charge in [0.15, 0.2) is 24.8 Å². The summed E-state index contributed by atoms with van der Waals surface area (Å²) in [5.41, 5.74) is 2.68. The highest BCUT2D eigenvalue weighted by molar-refractivity contribution is 5.68. The number of ether oxygens (including phenoxy) is 10. The van der Waals surface area contributed by atoms with Gasteiger partial charge in [-0.1, -0.05) is 91.0 Å². The number of hydrogen-bond acceptors (Lipinski definition) is 14. The number of rotatable bonds is 17. The highest BCUT2D eigenvalue weighted by Crippen LogP contribution is 2.35. The van der Waals surface area contributed by atoms with Crippen LogP contribution in [-0.2, 0) is 81.6 Å². The van der Waals surface area contributed by atoms with Crippen LogP contribution in [-0.4, -0.2) is 105 Å². The normalized spacial score (nSPS) is 28.2. The van der Waals surface area contributed by atoms with Crippen LogP contribution in [0.25, 0.3) is 0 Å². The standard InChI is InChI=1S/C40H48O14/c1-25(41)47-24-32-34(50-26(2)42)36(51-27(3)43)33(44)39(52-32)54-35-31(23-46-20-28-14-8-5-9-15-28)53-40(45-4)38(49-22-30-18-12-7-13-19-30)37(35)48-21-29-16-10-6-11-17-29/h5-19,31-40,44H,20-24H2,1-4H3/t31-,32-,33-,34-,35-,36-,37+,38-,39+,40+/m1/s1. The molecule has 292 valence electrons. The molecule has 2 heterocycles. The number of aliphatic hydroxyl groups is 1. The maximum atomic E-state index is 12.3. The molecular formula is C40H48O14. The zero-order valence-electron chi connectivity index (χ0n) is 30.7. The molecule has 3 aromatic carbocycles. The van der Waals surface area contributed by atoms with Crippen molar-refractivity contribution in [1.82, 2.24) is 0 Å². The lowest BCUT2D eigenvalue weighted by Gasteiger charge is -2.48. The topological polar surface area (TPSA) is 164 Å². The van der Waals surface area contributed by atoms with Crippen LogP contribution >= 0.6 is 0 Å². The van der Waals surface area contributed by atoms with Crippen molar-refractivity contribution in [1.29, 1.82) is 0 Å². The molecule has 5 rings (SSSR count). The molecule has 0 aromatic heterocycles. The Hall–Kier alpha value is -4.25. The van der Waals surface area contributed by atoms with Crippen LogP contribution in [0.1, 0.15) is 37.5 Å². The third-order valence-electron chi connectivity index (χ3n) is 8.75. The summed E-state index contributed by atoms with van der Waals surface area (Å²) in [6.45, 7) is 3.63. The minimum atomic E-state index is -1.70. The maximum Gasteiger partial charge on any atom is 0.303 e. The Kier molecular flexibility index (Phi) is 15.5. The average Bonchev–Trinajstić information content (AvgIpc) is 3.16. The van der Waals surface area contributed by atoms with Gasteiger partial charge in [0, 0.05) is 27.9 Å². The molecule has 2 saturated heterocycles. The van der Waals surface area contributed by atoms with Crippen LogP contribution in [0, 0.1) is 0 Å². The van der Waals surface area contributed by atoms with Crippen LogP contribution in [0.3, 0.4) is 0 Å². The van der Waals surface area contributed by atoms with Crippen LogP contribution in [0.15, 0.2) is 91.0 Å². The van der Waals surface area contributed by atoms with Gasteiger partial charge >= 0.3 is 17.9 Å². The molecule has 0 amide bonds. The molecule has 14 heteroatoms. The number of aliphatic hydroxyl groups excluding tert-OH is 1. The van der Waals surface area contributed by atoms with E-state index in [0.29, 0.717) is 0 Å². The summed E-state index contributed by atoms with van der Waals surface area (Å²) in [5, 5.41) is 11.7. The first-order valence-electron chi connectivity index (χ1n) is 17.7. The van der Waals surface area contributed by atoms with E-state index in [1.807, 2.05) is 91.0 Å². The Morgan fingerprint density at radius 1 is 0.574 bits per heavy atom. The summed E-state index contributed by atoms with van der Waals surface area (Å²) in [6, 6.07) is 28.6. The second-order valence-electron chi connectivity index (χ2n) is 12.9. The molecule has 2 aliphatic heterocycles. The van der Waals surface area contributed by atoms with Crippen molar-refractivity contribution in [2.24, 2.45) is 0 Å². The fraction of sp³-hybridized carbons (Fsp3) is 0.475. The molecule has 1 N–H and O–H groups in total. The van der Waals surface area contributed by atoms with E-state index in [1.54, 1.807) is 0 Å². The van der Waals surface area contributed by atoms with Crippen LogP contribution in [0.2, 0.25) is 0 Å². The molecule has 14 nitrogen and oxygen atoms in total. The number of hydrogen-bond donors (Lipinski definition) is 1. The predicted molar refractivity (Wildman–Crippen MR) is 189 cm³/mol. The summed E-state index contributed by atoms with van der Waals surface area (Å²) in [6.07, 6.45) is -12.0. The molecule has 0 unspecified atom stereocenters. The van der Waals surface area contributed by atoms with Gasteiger partial charge in [0.1, 0.15) is 43.2 Å². The highest BCUT2D eigenvalue weighted by atomic mass is 16.8. The quantitative estimate of drug-likeness (QED) is 0.157. The van der Waals surface area contributed by atoms with E-state index in [9.17, 15) is 19.5 Å². The first-order valence-corrected chi connectivity index (χ1v) is 17.7. The SMILES string of the molecule is CO[C@H]1O[C@H](COCc2ccccc2)[C@@H](O[C@@H]2O[C@H](COC(C)=O)[C@@H](OC(C)=O)[C@H](OC(C)=O)[C@H]2O)[C@H](OCc2ccccc2)[C@H]1OCc1ccccc1. The zero-order valence-corrected chi connectivity index (χ0v) is 30.7. The Bertz CT molecular complexity index is 1590. The van der Waals surface area contributed by atoms with Crippen molar-refractivity contribution >= 4 is 17.9 Å². The molecule has 2 fully saturated rings. The van der Waals surface area contributed by atoms with E-state index >= 15 is 0 Å². The maximum absolute atomic E-state index is 12.3. The van der Waals surface area contributed by atoms with Crippen LogP contribution < -0.4 is 0 Å². The highest BCUT2D eigenvalue weighted by Gasteiger charge is 2.55. The average molecular weight is 753 g/mol. The predicted octanol–water partition coefficient (Wildman–Crippen LogP) is 3.64. The Labute approximate surface area is 314 Å². The first kappa shape index (κ1) is 40.9. The summed E-state index contributed by atoms with van der Waals surface area (Å²) in [4.78, 5) is 36.3. The molecule has 0 spiro atoms. The fourth-order valence-corrected chi connectivity index (χ4v) is 6.29. The third-order valence-corrected chi connectivity index (χ3v) is 8.75. The van der Waals surface area contributed by atoms with E-state index in [-0.39, 0.29) is 26.4 Å². The van der Waals surface area contributed by atoms with Crippen molar-refractivity contribution in [3.05, 3.63) is 108 Å². The van der Waals surface area contributed by atoms with Gasteiger partial charge in [-0.25, -0.2) is 0 Å². The van der Waals surface area contributed by atoms with Gasteiger partial charge in [-0.2, -0.15) is 0 Å². The summed E-state index contributed by atoms with van der Waals surface area (Å²) in [7, 11) is 1.49. The van der Waals surface area contributed by atoms with Gasteiger partial charge in [0.05, 0.1) is 26.4 Å². The lowest BCUT2D eigenvalue weighted by atomic mass is 9.96. The second-order valence-corrected chi connectivity index (χ2v) is 12.9. The Morgan fingerprint density at radius 3 is 1.57 bits per heavy atom. The van der Waals surface area contributed by atoms with Crippen molar-refractivity contribution < 1.29 is 66.9 Å². The third kappa shape index (κ3) is 11.6. The van der Waals surface area contributed by atoms with Crippen molar-refractivity contribution in [2.45, 2.75) is 102 Å². The van der Waals surface area contributed by atoms with Crippen molar-refractivity contribution in [2.75, 3.05) is 20.3 Å². The number of benzene rings is 3. The van der Waals surface area contributed by atoms with Gasteiger partial charge in [0.25, 0.3) is 0 Å². The van der Waals surface area contributed by atoms with Crippen molar-refractivity contribution in [3.63, 3.8) is 0 Å². The van der Waals surface area contributed by atoms with Gasteiger partial charge in [-0.3, -0.25) is 14.4 Å². The van der Waals surface area contributed by atoms with Crippen LogP contribution in [0.4, 0.5) is 0 Å². The summed E-state index contributed by atoms with van der Waals surface area (Å²) >= 11 is 0. The molecule has 3 aromatic rings. The van der Waals surface area contributed by atoms with E-state index in [0.717, 1.165) is 30.5 Å². The molecule has 0 radical (unpaired) electrons. The minimum Gasteiger partial charge on any atom is -0.463 e. The zero-order chi connectivity index (χ0) is 38.5. The smallest absolute Gasteiger partial charge is 0.303 e. The first-order chi connectivity index (χ1) is 26.1. The monoisotopic (exact) mass is 752 g/mol. The minimum absolute atomic E-state index is 0.0147. The van der Waals surface area contributed by atoms with Gasteiger partial charge in [0.2, 0.25) is 0 Å². The van der Waals surface area contributed by atoms with E-state index in [2.05, 4.69) is 0 Å². The van der Waals surface area contributed by atoms with E-state index in [1.165, 1.54) is 14.0 Å². The lowest BCUT2D eigenvalue weighted by molar-refractivity contribution is -0.367. The van der Waals surface area contributed by atoms with E-state index in [4.69, 9.17) is 47.4 Å². The number of carbonyl (C=O) groups is 3. The van der Waals surface area contributed by atoms with Gasteiger partial charge < -0.3 is 52.5 Å². The molecule has 0 saturated carbocycles. The summed E-state index contributed by atoms with van der Waals surface area (Å²) < 4.78 is 60.6. The van der Waals surface area contributed by atoms with E-state index < -0.39 is 85.9 Å². The fourth-order valence-electron chi connectivity index (χ4n) is 6.29. The number of carbonyl (C=O) groups excluding carboxylic acids is 3. The molecule has 54 heavy (non-hydrogen) atoms. The van der Waals surface area contributed by atoms with Gasteiger partial charge in [-0.15, -0.1) is 0 Å². The Balaban J connectivity index is 1.50. The van der Waals surface area contributed by atoms with Gasteiger partial charge in [-0.05, 0) is 16.7 Å². The molecular weight excluding hydrogens is 704 g/mol. The molecule has 10 atom stereocenters. The molecule has 2 aliphatic rings. The second kappa shape index (κ2) is 20.4. The van der Waals surface area contributed by atoms with Crippen molar-refractivity contribution in [3.8, 4) is 0 Å². The largest absolute Gasteiger partial charge is 0.463 e. The molecule has 0 aliphatic carbocycles. The number of esters is 3. The molecule has 0 bridgehead atoms. The lowest BCUT2D eigenvalue weighted by Crippen LogP contribution is -2.66. The summed E-state index contributed by atoms with van der Waals surface area (Å²) in [5.74, 6) is -2.14. The number of methoxy groups -OCH3 is 1. The van der Waals surface area contributed by atoms with Crippen LogP contribution in [0.5, 0.6) is 0 Å².